The largest absolute Gasteiger partial charge is 0.378 e. The molecule has 0 amide bonds. The van der Waals surface area contributed by atoms with Gasteiger partial charge in [0.2, 0.25) is 10.0 Å². The van der Waals surface area contributed by atoms with Gasteiger partial charge in [-0.15, -0.1) is 0 Å². The molecule has 0 bridgehead atoms. The van der Waals surface area contributed by atoms with Gasteiger partial charge in [-0.05, 0) is 32.6 Å². The Morgan fingerprint density at radius 2 is 2.04 bits per heavy atom. The molecule has 0 aromatic carbocycles. The number of hydrogen-bond acceptors (Lipinski definition) is 5. The Kier molecular flexibility index (Phi) is 7.52. The van der Waals surface area contributed by atoms with E-state index in [2.05, 4.69) is 41.1 Å². The Morgan fingerprint density at radius 3 is 2.59 bits per heavy atom. The van der Waals surface area contributed by atoms with E-state index in [9.17, 15) is 8.42 Å². The molecule has 8 nitrogen and oxygen atoms in total. The summed E-state index contributed by atoms with van der Waals surface area (Å²) >= 11 is 0. The molecule has 0 aromatic rings. The average Bonchev–Trinajstić information content (AvgIpc) is 2.65. The third kappa shape index (κ3) is 5.56. The molecule has 1 aliphatic heterocycles. The predicted molar refractivity (Wildman–Crippen MR) is 107 cm³/mol. The second-order valence-corrected chi connectivity index (χ2v) is 10.1. The molecular formula is C18H36N4O4S. The molecule has 27 heavy (non-hydrogen) atoms. The van der Waals surface area contributed by atoms with Crippen LogP contribution in [0.4, 0.5) is 0 Å². The van der Waals surface area contributed by atoms with Crippen LogP contribution in [0.5, 0.6) is 0 Å². The van der Waals surface area contributed by atoms with Crippen LogP contribution in [0.3, 0.4) is 0 Å². The maximum absolute atomic E-state index is 12.2. The molecule has 3 atom stereocenters. The summed E-state index contributed by atoms with van der Waals surface area (Å²) < 4.78 is 38.2. The Balaban J connectivity index is 1.73. The number of guanidine groups is 1. The van der Waals surface area contributed by atoms with Gasteiger partial charge in [-0.1, -0.05) is 13.8 Å². The van der Waals surface area contributed by atoms with E-state index in [0.717, 1.165) is 32.3 Å². The zero-order valence-corrected chi connectivity index (χ0v) is 18.1. The van der Waals surface area contributed by atoms with Crippen molar-refractivity contribution in [3.63, 3.8) is 0 Å². The van der Waals surface area contributed by atoms with Gasteiger partial charge in [0.15, 0.2) is 5.96 Å². The highest BCUT2D eigenvalue weighted by Crippen LogP contribution is 2.51. The van der Waals surface area contributed by atoms with E-state index in [1.54, 1.807) is 14.2 Å². The number of nitrogens with zero attached hydrogens (tertiary/aromatic N) is 1. The van der Waals surface area contributed by atoms with Crippen LogP contribution in [0.25, 0.3) is 0 Å². The Bertz CT molecular complexity index is 617. The second kappa shape index (κ2) is 9.07. The molecule has 9 heteroatoms. The fourth-order valence-electron chi connectivity index (χ4n) is 3.65. The van der Waals surface area contributed by atoms with Gasteiger partial charge in [0.1, 0.15) is 0 Å². The summed E-state index contributed by atoms with van der Waals surface area (Å²) in [5.41, 5.74) is -0.217. The minimum absolute atomic E-state index is 0.00754. The first kappa shape index (κ1) is 22.4. The van der Waals surface area contributed by atoms with Crippen molar-refractivity contribution in [3.8, 4) is 0 Å². The van der Waals surface area contributed by atoms with Crippen molar-refractivity contribution in [2.45, 2.75) is 64.2 Å². The maximum atomic E-state index is 12.2. The second-order valence-electron chi connectivity index (χ2n) is 8.21. The van der Waals surface area contributed by atoms with Crippen LogP contribution in [0.2, 0.25) is 0 Å². The molecule has 0 aromatic heterocycles. The molecule has 0 radical (unpaired) electrons. The zero-order chi connectivity index (χ0) is 20.1. The smallest absolute Gasteiger partial charge is 0.213 e. The van der Waals surface area contributed by atoms with E-state index < -0.39 is 10.0 Å². The normalized spacial score (nSPS) is 31.2. The van der Waals surface area contributed by atoms with Crippen LogP contribution in [-0.2, 0) is 19.5 Å². The van der Waals surface area contributed by atoms with Crippen molar-refractivity contribution in [1.82, 2.24) is 15.4 Å². The number of sulfonamides is 1. The molecule has 1 saturated carbocycles. The molecule has 158 valence electrons. The van der Waals surface area contributed by atoms with Crippen molar-refractivity contribution in [2.75, 3.05) is 39.6 Å². The van der Waals surface area contributed by atoms with E-state index in [1.165, 1.54) is 0 Å². The van der Waals surface area contributed by atoms with E-state index in [4.69, 9.17) is 9.47 Å². The Labute approximate surface area is 163 Å². The Hall–Kier alpha value is -0.900. The molecule has 0 spiro atoms. The monoisotopic (exact) mass is 404 g/mol. The third-order valence-electron chi connectivity index (χ3n) is 6.28. The first-order valence-corrected chi connectivity index (χ1v) is 11.4. The van der Waals surface area contributed by atoms with E-state index >= 15 is 0 Å². The third-order valence-corrected chi connectivity index (χ3v) is 7.63. The van der Waals surface area contributed by atoms with Gasteiger partial charge < -0.3 is 20.1 Å². The van der Waals surface area contributed by atoms with Crippen molar-refractivity contribution in [3.05, 3.63) is 0 Å². The maximum Gasteiger partial charge on any atom is 0.213 e. The summed E-state index contributed by atoms with van der Waals surface area (Å²) in [5.74, 6) is 0.599. The minimum atomic E-state index is -3.35. The quantitative estimate of drug-likeness (QED) is 0.409. The summed E-state index contributed by atoms with van der Waals surface area (Å²) in [7, 11) is 0.0760. The molecule has 3 N–H and O–H groups in total. The van der Waals surface area contributed by atoms with Gasteiger partial charge in [-0.3, -0.25) is 4.99 Å². The lowest BCUT2D eigenvalue weighted by atomic mass is 9.56. The van der Waals surface area contributed by atoms with Crippen molar-refractivity contribution in [1.29, 1.82) is 0 Å². The highest BCUT2D eigenvalue weighted by Gasteiger charge is 2.58. The van der Waals surface area contributed by atoms with Crippen LogP contribution in [0, 0.1) is 5.41 Å². The summed E-state index contributed by atoms with van der Waals surface area (Å²) in [6.45, 7) is 7.78. The van der Waals surface area contributed by atoms with Crippen molar-refractivity contribution < 1.29 is 17.9 Å². The lowest BCUT2D eigenvalue weighted by Gasteiger charge is -2.59. The number of rotatable bonds is 8. The van der Waals surface area contributed by atoms with E-state index in [1.807, 2.05) is 0 Å². The van der Waals surface area contributed by atoms with Crippen molar-refractivity contribution >= 4 is 16.0 Å². The summed E-state index contributed by atoms with van der Waals surface area (Å²) in [6, 6.07) is 0.215. The summed E-state index contributed by atoms with van der Waals surface area (Å²) in [4.78, 5) is 4.21. The molecule has 3 unspecified atom stereocenters. The first-order valence-electron chi connectivity index (χ1n) is 9.75. The zero-order valence-electron chi connectivity index (χ0n) is 17.3. The van der Waals surface area contributed by atoms with Crippen LogP contribution >= 0.6 is 0 Å². The van der Waals surface area contributed by atoms with Gasteiger partial charge in [0.05, 0.1) is 17.5 Å². The van der Waals surface area contributed by atoms with Gasteiger partial charge in [0.25, 0.3) is 0 Å². The van der Waals surface area contributed by atoms with Crippen molar-refractivity contribution in [2.24, 2.45) is 10.4 Å². The fraction of sp³-hybridized carbons (Fsp3) is 0.944. The highest BCUT2D eigenvalue weighted by atomic mass is 32.2. The van der Waals surface area contributed by atoms with Crippen LogP contribution in [-0.4, -0.2) is 71.7 Å². The lowest BCUT2D eigenvalue weighted by molar-refractivity contribution is -0.176. The molecule has 2 fully saturated rings. The topological polar surface area (TPSA) is 101 Å². The van der Waals surface area contributed by atoms with Gasteiger partial charge in [-0.2, -0.15) is 0 Å². The number of hydrogen-bond donors (Lipinski definition) is 3. The standard InChI is InChI=1S/C18H36N4O4S/c1-17(2)15(12-18(17,3)25-5)22-16(19-4)20-9-11-27(23,24)21-13-14-8-6-7-10-26-14/h14-15,21H,6-13H2,1-5H3,(H2,19,20,22). The number of ether oxygens (including phenoxy) is 2. The van der Waals surface area contributed by atoms with Gasteiger partial charge >= 0.3 is 0 Å². The van der Waals surface area contributed by atoms with E-state index in [0.29, 0.717) is 12.5 Å². The van der Waals surface area contributed by atoms with Crippen LogP contribution < -0.4 is 15.4 Å². The summed E-state index contributed by atoms with van der Waals surface area (Å²) in [5, 5.41) is 6.47. The number of nitrogens with one attached hydrogen (secondary N) is 3. The highest BCUT2D eigenvalue weighted by molar-refractivity contribution is 7.89. The lowest BCUT2D eigenvalue weighted by Crippen LogP contribution is -2.69. The molecule has 1 aliphatic carbocycles. The Morgan fingerprint density at radius 1 is 1.30 bits per heavy atom. The first-order chi connectivity index (χ1) is 12.6. The molecule has 2 rings (SSSR count). The average molecular weight is 405 g/mol. The predicted octanol–water partition coefficient (Wildman–Crippen LogP) is 0.844. The number of aliphatic imine (C=N–C) groups is 1. The molecular weight excluding hydrogens is 368 g/mol. The van der Waals surface area contributed by atoms with E-state index in [-0.39, 0.29) is 35.5 Å². The SMILES string of the molecule is CN=C(NCCS(=O)(=O)NCC1CCCCO1)NC1CC(C)(OC)C1(C)C. The van der Waals surface area contributed by atoms with Gasteiger partial charge in [0, 0.05) is 45.3 Å². The number of methoxy groups -OCH3 is 1. The molecule has 2 aliphatic rings. The van der Waals surface area contributed by atoms with Gasteiger partial charge in [-0.25, -0.2) is 13.1 Å². The summed E-state index contributed by atoms with van der Waals surface area (Å²) in [6.07, 6.45) is 3.93. The van der Waals surface area contributed by atoms with Crippen LogP contribution in [0.15, 0.2) is 4.99 Å². The molecule has 1 heterocycles. The minimum Gasteiger partial charge on any atom is -0.378 e. The van der Waals surface area contributed by atoms with Crippen LogP contribution in [0.1, 0.15) is 46.5 Å². The molecule has 1 saturated heterocycles. The fourth-order valence-corrected chi connectivity index (χ4v) is 4.60.